The second-order valence-corrected chi connectivity index (χ2v) is 5.03. The standard InChI is InChI=1S/C15H22O2/c1-4-5-14-10-11-15(2,17-14)12-6-8-13(16-3)9-7-12/h6-9,14H,4-5,10-11H2,1-3H3/t14-,15-/m1/s1. The van der Waals surface area contributed by atoms with Gasteiger partial charge in [0.2, 0.25) is 0 Å². The molecule has 1 aromatic rings. The van der Waals surface area contributed by atoms with Crippen molar-refractivity contribution in [3.05, 3.63) is 29.8 Å². The van der Waals surface area contributed by atoms with Crippen LogP contribution in [0, 0.1) is 0 Å². The van der Waals surface area contributed by atoms with Gasteiger partial charge in [-0.25, -0.2) is 0 Å². The van der Waals surface area contributed by atoms with Crippen LogP contribution in [0.5, 0.6) is 5.75 Å². The molecule has 1 aliphatic rings. The van der Waals surface area contributed by atoms with Crippen molar-refractivity contribution >= 4 is 0 Å². The molecule has 2 heteroatoms. The zero-order valence-electron chi connectivity index (χ0n) is 11.0. The van der Waals surface area contributed by atoms with Gasteiger partial charge in [-0.3, -0.25) is 0 Å². The lowest BCUT2D eigenvalue weighted by Crippen LogP contribution is -2.22. The Morgan fingerprint density at radius 3 is 2.65 bits per heavy atom. The van der Waals surface area contributed by atoms with E-state index in [-0.39, 0.29) is 5.60 Å². The summed E-state index contributed by atoms with van der Waals surface area (Å²) in [7, 11) is 1.69. The van der Waals surface area contributed by atoms with Crippen LogP contribution in [-0.2, 0) is 10.3 Å². The molecule has 0 radical (unpaired) electrons. The summed E-state index contributed by atoms with van der Waals surface area (Å²) in [6.45, 7) is 4.41. The highest BCUT2D eigenvalue weighted by atomic mass is 16.5. The maximum atomic E-state index is 6.21. The molecular formula is C15H22O2. The smallest absolute Gasteiger partial charge is 0.118 e. The molecule has 0 aromatic heterocycles. The van der Waals surface area contributed by atoms with Crippen LogP contribution >= 0.6 is 0 Å². The van der Waals surface area contributed by atoms with Crippen LogP contribution in [-0.4, -0.2) is 13.2 Å². The Labute approximate surface area is 104 Å². The predicted octanol–water partition coefficient (Wildman–Crippen LogP) is 3.89. The van der Waals surface area contributed by atoms with Gasteiger partial charge in [0.1, 0.15) is 5.75 Å². The Kier molecular flexibility index (Phi) is 3.72. The van der Waals surface area contributed by atoms with Crippen molar-refractivity contribution in [1.82, 2.24) is 0 Å². The van der Waals surface area contributed by atoms with Crippen LogP contribution in [0.15, 0.2) is 24.3 Å². The van der Waals surface area contributed by atoms with E-state index in [0.717, 1.165) is 12.2 Å². The van der Waals surface area contributed by atoms with Gasteiger partial charge in [-0.05, 0) is 43.9 Å². The van der Waals surface area contributed by atoms with E-state index in [4.69, 9.17) is 9.47 Å². The van der Waals surface area contributed by atoms with Crippen molar-refractivity contribution < 1.29 is 9.47 Å². The van der Waals surface area contributed by atoms with Gasteiger partial charge in [-0.15, -0.1) is 0 Å². The van der Waals surface area contributed by atoms with Gasteiger partial charge >= 0.3 is 0 Å². The summed E-state index contributed by atoms with van der Waals surface area (Å²) in [5, 5.41) is 0. The van der Waals surface area contributed by atoms with E-state index in [1.807, 2.05) is 12.1 Å². The summed E-state index contributed by atoms with van der Waals surface area (Å²) >= 11 is 0. The van der Waals surface area contributed by atoms with E-state index < -0.39 is 0 Å². The highest BCUT2D eigenvalue weighted by Gasteiger charge is 2.36. The zero-order chi connectivity index (χ0) is 12.3. The Morgan fingerprint density at radius 2 is 2.06 bits per heavy atom. The molecular weight excluding hydrogens is 212 g/mol. The van der Waals surface area contributed by atoms with Crippen molar-refractivity contribution in [2.75, 3.05) is 7.11 Å². The van der Waals surface area contributed by atoms with Crippen LogP contribution in [0.1, 0.15) is 45.1 Å². The average Bonchev–Trinajstić information content (AvgIpc) is 2.73. The fourth-order valence-electron chi connectivity index (χ4n) is 2.60. The number of hydrogen-bond acceptors (Lipinski definition) is 2. The van der Waals surface area contributed by atoms with E-state index in [0.29, 0.717) is 6.10 Å². The molecule has 2 nitrogen and oxygen atoms in total. The summed E-state index contributed by atoms with van der Waals surface area (Å²) in [6.07, 6.45) is 5.10. The molecule has 0 bridgehead atoms. The number of hydrogen-bond donors (Lipinski definition) is 0. The fourth-order valence-corrected chi connectivity index (χ4v) is 2.60. The molecule has 1 heterocycles. The van der Waals surface area contributed by atoms with Gasteiger partial charge in [0, 0.05) is 0 Å². The maximum absolute atomic E-state index is 6.21. The lowest BCUT2D eigenvalue weighted by atomic mass is 9.92. The fraction of sp³-hybridized carbons (Fsp3) is 0.600. The molecule has 1 aliphatic heterocycles. The molecule has 1 saturated heterocycles. The van der Waals surface area contributed by atoms with Gasteiger partial charge in [0.05, 0.1) is 18.8 Å². The third-order valence-corrected chi connectivity index (χ3v) is 3.68. The summed E-state index contributed by atoms with van der Waals surface area (Å²) in [5.74, 6) is 0.903. The number of ether oxygens (including phenoxy) is 2. The summed E-state index contributed by atoms with van der Waals surface area (Å²) < 4.78 is 11.4. The zero-order valence-corrected chi connectivity index (χ0v) is 11.0. The Balaban J connectivity index is 2.10. The van der Waals surface area contributed by atoms with E-state index >= 15 is 0 Å². The largest absolute Gasteiger partial charge is 0.497 e. The summed E-state index contributed by atoms with van der Waals surface area (Å²) in [5.41, 5.74) is 1.16. The molecule has 1 aromatic carbocycles. The first-order chi connectivity index (χ1) is 8.18. The maximum Gasteiger partial charge on any atom is 0.118 e. The summed E-state index contributed by atoms with van der Waals surface area (Å²) in [4.78, 5) is 0. The minimum Gasteiger partial charge on any atom is -0.497 e. The minimum absolute atomic E-state index is 0.105. The van der Waals surface area contributed by atoms with E-state index in [2.05, 4.69) is 26.0 Å². The van der Waals surface area contributed by atoms with E-state index in [1.54, 1.807) is 7.11 Å². The number of methoxy groups -OCH3 is 1. The van der Waals surface area contributed by atoms with Gasteiger partial charge in [0.15, 0.2) is 0 Å². The topological polar surface area (TPSA) is 18.5 Å². The predicted molar refractivity (Wildman–Crippen MR) is 69.4 cm³/mol. The lowest BCUT2D eigenvalue weighted by Gasteiger charge is -2.25. The second kappa shape index (κ2) is 5.09. The van der Waals surface area contributed by atoms with Crippen LogP contribution in [0.2, 0.25) is 0 Å². The van der Waals surface area contributed by atoms with Gasteiger partial charge < -0.3 is 9.47 Å². The minimum atomic E-state index is -0.105. The molecule has 0 saturated carbocycles. The van der Waals surface area contributed by atoms with Crippen LogP contribution in [0.3, 0.4) is 0 Å². The third-order valence-electron chi connectivity index (χ3n) is 3.68. The second-order valence-electron chi connectivity index (χ2n) is 5.03. The molecule has 0 N–H and O–H groups in total. The molecule has 0 unspecified atom stereocenters. The Bertz CT molecular complexity index is 358. The lowest BCUT2D eigenvalue weighted by molar-refractivity contribution is -0.0353. The third kappa shape index (κ3) is 2.63. The summed E-state index contributed by atoms with van der Waals surface area (Å²) in [6, 6.07) is 8.26. The van der Waals surface area contributed by atoms with Gasteiger partial charge in [-0.2, -0.15) is 0 Å². The SMILES string of the molecule is CCC[C@@H]1CC[C@](C)(c2ccc(OC)cc2)O1. The van der Waals surface area contributed by atoms with E-state index in [9.17, 15) is 0 Å². The molecule has 0 aliphatic carbocycles. The van der Waals surface area contributed by atoms with Crippen molar-refractivity contribution in [2.24, 2.45) is 0 Å². The van der Waals surface area contributed by atoms with Gasteiger partial charge in [-0.1, -0.05) is 25.5 Å². The first-order valence-electron chi connectivity index (χ1n) is 6.50. The van der Waals surface area contributed by atoms with Crippen molar-refractivity contribution in [3.63, 3.8) is 0 Å². The average molecular weight is 234 g/mol. The normalized spacial score (nSPS) is 28.3. The van der Waals surface area contributed by atoms with Crippen LogP contribution in [0.4, 0.5) is 0 Å². The number of rotatable bonds is 4. The van der Waals surface area contributed by atoms with E-state index in [1.165, 1.54) is 24.8 Å². The number of benzene rings is 1. The molecule has 0 amide bonds. The highest BCUT2D eigenvalue weighted by molar-refractivity contribution is 5.31. The molecule has 2 rings (SSSR count). The molecule has 94 valence electrons. The quantitative estimate of drug-likeness (QED) is 0.787. The molecule has 2 atom stereocenters. The Hall–Kier alpha value is -1.02. The van der Waals surface area contributed by atoms with Crippen molar-refractivity contribution in [2.45, 2.75) is 51.2 Å². The van der Waals surface area contributed by atoms with Gasteiger partial charge in [0.25, 0.3) is 0 Å². The first kappa shape index (κ1) is 12.4. The van der Waals surface area contributed by atoms with Crippen LogP contribution in [0.25, 0.3) is 0 Å². The molecule has 0 spiro atoms. The monoisotopic (exact) mass is 234 g/mol. The molecule has 1 fully saturated rings. The highest BCUT2D eigenvalue weighted by Crippen LogP contribution is 2.40. The molecule has 17 heavy (non-hydrogen) atoms. The van der Waals surface area contributed by atoms with Crippen molar-refractivity contribution in [3.8, 4) is 5.75 Å². The first-order valence-corrected chi connectivity index (χ1v) is 6.50. The Morgan fingerprint density at radius 1 is 1.35 bits per heavy atom. The van der Waals surface area contributed by atoms with Crippen LogP contribution < -0.4 is 4.74 Å². The van der Waals surface area contributed by atoms with Crippen molar-refractivity contribution in [1.29, 1.82) is 0 Å².